The lowest BCUT2D eigenvalue weighted by molar-refractivity contribution is 0.0756. The number of amides is 1. The van der Waals surface area contributed by atoms with Crippen LogP contribution in [0.4, 0.5) is 4.39 Å². The van der Waals surface area contributed by atoms with E-state index in [0.717, 1.165) is 31.6 Å². The van der Waals surface area contributed by atoms with Crippen molar-refractivity contribution in [2.24, 2.45) is 0 Å². The zero-order valence-corrected chi connectivity index (χ0v) is 15.4. The smallest absolute Gasteiger partial charge is 0.274 e. The van der Waals surface area contributed by atoms with E-state index in [2.05, 4.69) is 15.1 Å². The molecule has 1 saturated heterocycles. The number of fused-ring (bicyclic) bond motifs is 1. The maximum absolute atomic E-state index is 13.1. The number of carbonyl (C=O) groups excluding carboxylic acids is 1. The summed E-state index contributed by atoms with van der Waals surface area (Å²) in [5.41, 5.74) is 1.03. The molecule has 2 heterocycles. The van der Waals surface area contributed by atoms with Crippen LogP contribution in [0.1, 0.15) is 22.5 Å². The number of halogens is 1. The number of nitrogens with zero attached hydrogens (tertiary/aromatic N) is 3. The van der Waals surface area contributed by atoms with Crippen LogP contribution >= 0.6 is 0 Å². The van der Waals surface area contributed by atoms with Crippen molar-refractivity contribution in [2.75, 3.05) is 26.2 Å². The lowest BCUT2D eigenvalue weighted by Crippen LogP contribution is -2.36. The highest BCUT2D eigenvalue weighted by molar-refractivity contribution is 6.04. The lowest BCUT2D eigenvalue weighted by Gasteiger charge is -2.22. The number of aromatic nitrogens is 2. The fraction of sp³-hybridized carbons (Fsp3) is 0.286. The Morgan fingerprint density at radius 1 is 1.00 bits per heavy atom. The van der Waals surface area contributed by atoms with Gasteiger partial charge in [0, 0.05) is 38.1 Å². The monoisotopic (exact) mass is 380 g/mol. The second kappa shape index (κ2) is 7.90. The van der Waals surface area contributed by atoms with Crippen molar-refractivity contribution < 1.29 is 9.18 Å². The summed E-state index contributed by atoms with van der Waals surface area (Å²) < 4.78 is 13.1. The molecule has 28 heavy (non-hydrogen) atoms. The Kier molecular flexibility index (Phi) is 5.16. The Balaban J connectivity index is 1.49. The van der Waals surface area contributed by atoms with Crippen LogP contribution in [0, 0.1) is 5.82 Å². The Morgan fingerprint density at radius 3 is 2.54 bits per heavy atom. The maximum Gasteiger partial charge on any atom is 0.274 e. The Hall–Kier alpha value is -3.06. The van der Waals surface area contributed by atoms with Crippen LogP contribution in [0.5, 0.6) is 0 Å². The average Bonchev–Trinajstić information content (AvgIpc) is 2.95. The number of nitrogens with one attached hydrogen (secondary N) is 1. The molecule has 0 radical (unpaired) electrons. The highest BCUT2D eigenvalue weighted by atomic mass is 19.1. The summed E-state index contributed by atoms with van der Waals surface area (Å²) in [7, 11) is 0. The molecular weight excluding hydrogens is 359 g/mol. The van der Waals surface area contributed by atoms with Gasteiger partial charge >= 0.3 is 0 Å². The Labute approximate surface area is 161 Å². The summed E-state index contributed by atoms with van der Waals surface area (Å²) in [6.45, 7) is 3.52. The van der Waals surface area contributed by atoms with Crippen molar-refractivity contribution in [3.63, 3.8) is 0 Å². The third-order valence-electron chi connectivity index (χ3n) is 5.09. The standard InChI is InChI=1S/C21H21FN4O2/c22-16-8-6-15(7-9-16)14-25-10-3-11-26(13-12-25)21(28)19-17-4-1-2-5-18(17)20(27)24-23-19/h1-2,4-9H,3,10-14H2,(H,24,27). The molecule has 1 amide bonds. The van der Waals surface area contributed by atoms with E-state index in [-0.39, 0.29) is 23.0 Å². The van der Waals surface area contributed by atoms with Gasteiger partial charge in [-0.25, -0.2) is 9.49 Å². The molecule has 144 valence electrons. The van der Waals surface area contributed by atoms with E-state index in [4.69, 9.17) is 0 Å². The first-order valence-electron chi connectivity index (χ1n) is 9.35. The molecule has 4 rings (SSSR count). The van der Waals surface area contributed by atoms with Crippen LogP contribution in [0.3, 0.4) is 0 Å². The molecule has 0 bridgehead atoms. The van der Waals surface area contributed by atoms with Crippen molar-refractivity contribution in [3.8, 4) is 0 Å². The van der Waals surface area contributed by atoms with Gasteiger partial charge in [-0.15, -0.1) is 0 Å². The highest BCUT2D eigenvalue weighted by Gasteiger charge is 2.23. The summed E-state index contributed by atoms with van der Waals surface area (Å²) in [5, 5.41) is 7.50. The molecule has 0 spiro atoms. The molecule has 0 atom stereocenters. The van der Waals surface area contributed by atoms with E-state index in [0.29, 0.717) is 23.9 Å². The molecule has 2 aromatic carbocycles. The van der Waals surface area contributed by atoms with Gasteiger partial charge in [0.1, 0.15) is 5.82 Å². The predicted octanol–water partition coefficient (Wildman–Crippen LogP) is 2.41. The molecule has 1 fully saturated rings. The van der Waals surface area contributed by atoms with Gasteiger partial charge in [0.05, 0.1) is 5.39 Å². The number of benzene rings is 2. The lowest BCUT2D eigenvalue weighted by atomic mass is 10.1. The molecule has 0 unspecified atom stereocenters. The molecule has 1 N–H and O–H groups in total. The highest BCUT2D eigenvalue weighted by Crippen LogP contribution is 2.16. The number of H-pyrrole nitrogens is 1. The van der Waals surface area contributed by atoms with Gasteiger partial charge in [0.25, 0.3) is 11.5 Å². The minimum Gasteiger partial charge on any atom is -0.336 e. The summed E-state index contributed by atoms with van der Waals surface area (Å²) in [4.78, 5) is 29.1. The molecular formula is C21H21FN4O2. The van der Waals surface area contributed by atoms with Crippen molar-refractivity contribution in [1.29, 1.82) is 0 Å². The number of aromatic amines is 1. The Morgan fingerprint density at radius 2 is 1.75 bits per heavy atom. The van der Waals surface area contributed by atoms with Gasteiger partial charge in [0.2, 0.25) is 0 Å². The molecule has 7 heteroatoms. The van der Waals surface area contributed by atoms with Crippen molar-refractivity contribution in [1.82, 2.24) is 20.0 Å². The second-order valence-corrected chi connectivity index (χ2v) is 7.00. The van der Waals surface area contributed by atoms with Gasteiger partial charge in [-0.05, 0) is 30.2 Å². The molecule has 1 aliphatic rings. The summed E-state index contributed by atoms with van der Waals surface area (Å²) >= 11 is 0. The topological polar surface area (TPSA) is 69.3 Å². The fourth-order valence-electron chi connectivity index (χ4n) is 3.61. The van der Waals surface area contributed by atoms with E-state index in [1.54, 1.807) is 41.3 Å². The van der Waals surface area contributed by atoms with Crippen LogP contribution in [-0.4, -0.2) is 52.1 Å². The van der Waals surface area contributed by atoms with E-state index in [1.807, 2.05) is 0 Å². The first-order chi connectivity index (χ1) is 13.6. The SMILES string of the molecule is O=C(c1n[nH]c(=O)c2ccccc12)N1CCCN(Cc2ccc(F)cc2)CC1. The summed E-state index contributed by atoms with van der Waals surface area (Å²) in [6, 6.07) is 13.5. The van der Waals surface area contributed by atoms with Crippen LogP contribution in [0.15, 0.2) is 53.3 Å². The quantitative estimate of drug-likeness (QED) is 0.758. The van der Waals surface area contributed by atoms with Gasteiger partial charge < -0.3 is 4.90 Å². The van der Waals surface area contributed by atoms with Crippen LogP contribution in [0.25, 0.3) is 10.8 Å². The number of rotatable bonds is 3. The molecule has 1 aromatic heterocycles. The average molecular weight is 380 g/mol. The minimum absolute atomic E-state index is 0.170. The molecule has 3 aromatic rings. The van der Waals surface area contributed by atoms with Crippen molar-refractivity contribution in [3.05, 3.63) is 76.0 Å². The molecule has 0 saturated carbocycles. The fourth-order valence-corrected chi connectivity index (χ4v) is 3.61. The zero-order valence-electron chi connectivity index (χ0n) is 15.4. The molecule has 1 aliphatic heterocycles. The van der Waals surface area contributed by atoms with Crippen LogP contribution in [0.2, 0.25) is 0 Å². The number of hydrogen-bond donors (Lipinski definition) is 1. The first kappa shape index (κ1) is 18.3. The normalized spacial score (nSPS) is 15.5. The summed E-state index contributed by atoms with van der Waals surface area (Å²) in [5.74, 6) is -0.409. The molecule has 0 aliphatic carbocycles. The molecule has 6 nitrogen and oxygen atoms in total. The van der Waals surface area contributed by atoms with Crippen molar-refractivity contribution in [2.45, 2.75) is 13.0 Å². The van der Waals surface area contributed by atoms with E-state index < -0.39 is 0 Å². The van der Waals surface area contributed by atoms with Crippen LogP contribution < -0.4 is 5.56 Å². The van der Waals surface area contributed by atoms with Gasteiger partial charge in [-0.3, -0.25) is 14.5 Å². The van der Waals surface area contributed by atoms with E-state index in [1.165, 1.54) is 12.1 Å². The number of carbonyl (C=O) groups is 1. The van der Waals surface area contributed by atoms with Gasteiger partial charge in [-0.2, -0.15) is 5.10 Å². The summed E-state index contributed by atoms with van der Waals surface area (Å²) in [6.07, 6.45) is 0.841. The van der Waals surface area contributed by atoms with E-state index in [9.17, 15) is 14.0 Å². The van der Waals surface area contributed by atoms with Gasteiger partial charge in [0.15, 0.2) is 5.69 Å². The number of hydrogen-bond acceptors (Lipinski definition) is 4. The Bertz CT molecular complexity index is 1050. The third-order valence-corrected chi connectivity index (χ3v) is 5.09. The first-order valence-corrected chi connectivity index (χ1v) is 9.35. The minimum atomic E-state index is -0.298. The van der Waals surface area contributed by atoms with Crippen molar-refractivity contribution >= 4 is 16.7 Å². The largest absolute Gasteiger partial charge is 0.336 e. The second-order valence-electron chi connectivity index (χ2n) is 7.00. The maximum atomic E-state index is 13.1. The third kappa shape index (κ3) is 3.80. The van der Waals surface area contributed by atoms with Gasteiger partial charge in [-0.1, -0.05) is 30.3 Å². The zero-order chi connectivity index (χ0) is 19.5. The van der Waals surface area contributed by atoms with Crippen LogP contribution in [-0.2, 0) is 6.54 Å². The predicted molar refractivity (Wildman–Crippen MR) is 105 cm³/mol. The van der Waals surface area contributed by atoms with E-state index >= 15 is 0 Å².